The number of para-hydroxylation sites is 2. The molecule has 0 amide bonds. The first kappa shape index (κ1) is 16.7. The first-order valence-electron chi connectivity index (χ1n) is 7.38. The number of imidazole rings is 1. The number of halogens is 1. The molecule has 0 unspecified atom stereocenters. The molecule has 0 aliphatic heterocycles. The lowest BCUT2D eigenvalue weighted by Crippen LogP contribution is -3.00. The zero-order chi connectivity index (χ0) is 14.5. The highest BCUT2D eigenvalue weighted by Crippen LogP contribution is 2.12. The van der Waals surface area contributed by atoms with Crippen LogP contribution in [0, 0.1) is 0 Å². The summed E-state index contributed by atoms with van der Waals surface area (Å²) in [6, 6.07) is 19.2. The van der Waals surface area contributed by atoms with Crippen LogP contribution in [0.2, 0.25) is 0 Å². The van der Waals surface area contributed by atoms with Crippen LogP contribution in [-0.2, 0) is 24.2 Å². The van der Waals surface area contributed by atoms with Gasteiger partial charge in [0.15, 0.2) is 11.0 Å². The minimum Gasteiger partial charge on any atom is -1.00 e. The van der Waals surface area contributed by atoms with Gasteiger partial charge in [-0.1, -0.05) is 42.5 Å². The molecule has 0 radical (unpaired) electrons. The van der Waals surface area contributed by atoms with E-state index in [4.69, 9.17) is 4.74 Å². The summed E-state index contributed by atoms with van der Waals surface area (Å²) < 4.78 is 9.80. The van der Waals surface area contributed by atoms with Crippen molar-refractivity contribution in [3.8, 4) is 0 Å². The summed E-state index contributed by atoms with van der Waals surface area (Å²) in [5.41, 5.74) is 3.92. The fourth-order valence-electron chi connectivity index (χ4n) is 2.68. The molecule has 0 saturated carbocycles. The van der Waals surface area contributed by atoms with Gasteiger partial charge in [0.05, 0.1) is 13.2 Å². The van der Waals surface area contributed by atoms with E-state index in [2.05, 4.69) is 70.1 Å². The molecular formula is C18H21BrN2O. The second kappa shape index (κ2) is 8.11. The lowest BCUT2D eigenvalue weighted by Gasteiger charge is -1.99. The summed E-state index contributed by atoms with van der Waals surface area (Å²) in [6.07, 6.45) is 3.25. The quantitative estimate of drug-likeness (QED) is 0.558. The van der Waals surface area contributed by atoms with E-state index in [0.29, 0.717) is 0 Å². The number of fused-ring (bicyclic) bond motifs is 1. The van der Waals surface area contributed by atoms with E-state index in [0.717, 1.165) is 26.1 Å². The SMILES string of the molecule is COCC[n+]1cn(CCc2ccccc2)c2ccccc21.[Br-]. The zero-order valence-electron chi connectivity index (χ0n) is 12.8. The van der Waals surface area contributed by atoms with Crippen LogP contribution in [0.25, 0.3) is 11.0 Å². The molecule has 0 spiro atoms. The number of nitrogens with zero attached hydrogens (tertiary/aromatic N) is 2. The van der Waals surface area contributed by atoms with E-state index in [1.807, 2.05) is 0 Å². The highest BCUT2D eigenvalue weighted by atomic mass is 79.9. The van der Waals surface area contributed by atoms with E-state index >= 15 is 0 Å². The Morgan fingerprint density at radius 2 is 1.73 bits per heavy atom. The molecule has 1 aromatic heterocycles. The van der Waals surface area contributed by atoms with Crippen LogP contribution in [0.5, 0.6) is 0 Å². The minimum atomic E-state index is 0. The predicted octanol–water partition coefficient (Wildman–Crippen LogP) is -0.178. The van der Waals surface area contributed by atoms with Gasteiger partial charge in [-0.05, 0) is 17.7 Å². The molecule has 22 heavy (non-hydrogen) atoms. The average molecular weight is 361 g/mol. The molecule has 0 aliphatic carbocycles. The third-order valence-corrected chi connectivity index (χ3v) is 3.80. The first-order chi connectivity index (χ1) is 10.4. The Kier molecular flexibility index (Phi) is 6.16. The Morgan fingerprint density at radius 3 is 2.50 bits per heavy atom. The normalized spacial score (nSPS) is 10.6. The lowest BCUT2D eigenvalue weighted by molar-refractivity contribution is -0.673. The smallest absolute Gasteiger partial charge is 0.244 e. The van der Waals surface area contributed by atoms with Gasteiger partial charge in [0.25, 0.3) is 0 Å². The van der Waals surface area contributed by atoms with Crippen molar-refractivity contribution >= 4 is 11.0 Å². The Labute approximate surface area is 141 Å². The van der Waals surface area contributed by atoms with Crippen molar-refractivity contribution in [2.45, 2.75) is 19.5 Å². The van der Waals surface area contributed by atoms with Gasteiger partial charge in [0, 0.05) is 13.5 Å². The highest BCUT2D eigenvalue weighted by Gasteiger charge is 2.14. The van der Waals surface area contributed by atoms with E-state index in [1.165, 1.54) is 16.6 Å². The number of hydrogen-bond donors (Lipinski definition) is 0. The molecule has 0 atom stereocenters. The van der Waals surface area contributed by atoms with Gasteiger partial charge in [-0.25, -0.2) is 9.13 Å². The average Bonchev–Trinajstić information content (AvgIpc) is 2.90. The van der Waals surface area contributed by atoms with Crippen LogP contribution in [-0.4, -0.2) is 18.3 Å². The third-order valence-electron chi connectivity index (χ3n) is 3.80. The fourth-order valence-corrected chi connectivity index (χ4v) is 2.68. The maximum absolute atomic E-state index is 5.20. The van der Waals surface area contributed by atoms with E-state index in [1.54, 1.807) is 7.11 Å². The van der Waals surface area contributed by atoms with E-state index < -0.39 is 0 Å². The van der Waals surface area contributed by atoms with Gasteiger partial charge >= 0.3 is 0 Å². The Balaban J connectivity index is 0.00000176. The fraction of sp³-hybridized carbons (Fsp3) is 0.278. The summed E-state index contributed by atoms with van der Waals surface area (Å²) in [5, 5.41) is 0. The number of aryl methyl sites for hydroxylation is 2. The largest absolute Gasteiger partial charge is 1.00 e. The topological polar surface area (TPSA) is 18.0 Å². The minimum absolute atomic E-state index is 0. The summed E-state index contributed by atoms with van der Waals surface area (Å²) in [7, 11) is 1.75. The summed E-state index contributed by atoms with van der Waals surface area (Å²) in [5.74, 6) is 0. The van der Waals surface area contributed by atoms with Gasteiger partial charge in [-0.3, -0.25) is 0 Å². The van der Waals surface area contributed by atoms with Gasteiger partial charge in [0.2, 0.25) is 6.33 Å². The Hall–Kier alpha value is -1.65. The number of hydrogen-bond acceptors (Lipinski definition) is 1. The van der Waals surface area contributed by atoms with Gasteiger partial charge in [0.1, 0.15) is 6.54 Å². The number of benzene rings is 2. The number of ether oxygens (including phenoxy) is 1. The molecule has 0 saturated heterocycles. The molecule has 3 aromatic rings. The van der Waals surface area contributed by atoms with Gasteiger partial charge in [-0.2, -0.15) is 0 Å². The molecule has 0 fully saturated rings. The number of aromatic nitrogens is 2. The van der Waals surface area contributed by atoms with Gasteiger partial charge in [-0.15, -0.1) is 0 Å². The standard InChI is InChI=1S/C18H21N2O.BrH/c1-21-14-13-20-15-19(17-9-5-6-10-18(17)20)12-11-16-7-3-2-4-8-16;/h2-10,15H,11-14H2,1H3;1H/q+1;/p-1. The molecule has 2 aromatic carbocycles. The second-order valence-corrected chi connectivity index (χ2v) is 5.22. The summed E-state index contributed by atoms with van der Waals surface area (Å²) in [6.45, 7) is 2.61. The molecule has 3 nitrogen and oxygen atoms in total. The molecule has 4 heteroatoms. The monoisotopic (exact) mass is 360 g/mol. The van der Waals surface area contributed by atoms with Crippen molar-refractivity contribution in [1.29, 1.82) is 0 Å². The van der Waals surface area contributed by atoms with Crippen LogP contribution in [0.4, 0.5) is 0 Å². The van der Waals surface area contributed by atoms with Crippen LogP contribution in [0.1, 0.15) is 5.56 Å². The van der Waals surface area contributed by atoms with Crippen molar-refractivity contribution in [3.05, 3.63) is 66.5 Å². The molecule has 0 N–H and O–H groups in total. The summed E-state index contributed by atoms with van der Waals surface area (Å²) >= 11 is 0. The van der Waals surface area contributed by atoms with Crippen LogP contribution in [0.3, 0.4) is 0 Å². The molecular weight excluding hydrogens is 340 g/mol. The molecule has 0 aliphatic rings. The van der Waals surface area contributed by atoms with Crippen molar-refractivity contribution in [1.82, 2.24) is 4.57 Å². The lowest BCUT2D eigenvalue weighted by atomic mass is 10.1. The Bertz CT molecular complexity index is 709. The molecule has 0 bridgehead atoms. The van der Waals surface area contributed by atoms with Crippen molar-refractivity contribution < 1.29 is 26.3 Å². The second-order valence-electron chi connectivity index (χ2n) is 5.22. The first-order valence-corrected chi connectivity index (χ1v) is 7.38. The van der Waals surface area contributed by atoms with Crippen LogP contribution >= 0.6 is 0 Å². The third kappa shape index (κ3) is 3.76. The molecule has 3 rings (SSSR count). The molecule has 116 valence electrons. The number of methoxy groups -OCH3 is 1. The van der Waals surface area contributed by atoms with E-state index in [-0.39, 0.29) is 17.0 Å². The Morgan fingerprint density at radius 1 is 1.00 bits per heavy atom. The van der Waals surface area contributed by atoms with Crippen molar-refractivity contribution in [2.24, 2.45) is 0 Å². The van der Waals surface area contributed by atoms with Crippen molar-refractivity contribution in [3.63, 3.8) is 0 Å². The van der Waals surface area contributed by atoms with Crippen LogP contribution in [0.15, 0.2) is 60.9 Å². The maximum Gasteiger partial charge on any atom is 0.244 e. The van der Waals surface area contributed by atoms with E-state index in [9.17, 15) is 0 Å². The zero-order valence-corrected chi connectivity index (χ0v) is 14.4. The molecule has 1 heterocycles. The number of rotatable bonds is 6. The van der Waals surface area contributed by atoms with Crippen LogP contribution < -0.4 is 21.5 Å². The predicted molar refractivity (Wildman–Crippen MR) is 84.2 cm³/mol. The van der Waals surface area contributed by atoms with Gasteiger partial charge < -0.3 is 21.7 Å². The highest BCUT2D eigenvalue weighted by molar-refractivity contribution is 5.71. The maximum atomic E-state index is 5.20. The summed E-state index contributed by atoms with van der Waals surface area (Å²) in [4.78, 5) is 0. The van der Waals surface area contributed by atoms with Crippen molar-refractivity contribution in [2.75, 3.05) is 13.7 Å².